The number of amides is 1. The molecule has 0 spiro atoms. The molecule has 0 aromatic carbocycles. The number of aromatic nitrogens is 1. The zero-order valence-corrected chi connectivity index (χ0v) is 11.0. The zero-order valence-electron chi connectivity index (χ0n) is 9.45. The van der Waals surface area contributed by atoms with Crippen molar-refractivity contribution in [2.45, 2.75) is 19.8 Å². The third kappa shape index (κ3) is 4.75. The average Bonchev–Trinajstić information content (AvgIpc) is 2.35. The Morgan fingerprint density at radius 3 is 2.81 bits per heavy atom. The molecule has 4 heteroatoms. The molecule has 0 saturated heterocycles. The first kappa shape index (κ1) is 13.2. The molecule has 0 aliphatic carbocycles. The Labute approximate surface area is 105 Å². The van der Waals surface area contributed by atoms with Crippen molar-refractivity contribution in [3.05, 3.63) is 30.1 Å². The fourth-order valence-electron chi connectivity index (χ4n) is 1.33. The molecule has 0 fully saturated rings. The van der Waals surface area contributed by atoms with E-state index in [0.29, 0.717) is 11.5 Å². The number of rotatable bonds is 6. The van der Waals surface area contributed by atoms with Crippen LogP contribution in [-0.4, -0.2) is 22.8 Å². The van der Waals surface area contributed by atoms with Gasteiger partial charge in [-0.2, -0.15) is 0 Å². The predicted octanol–water partition coefficient (Wildman–Crippen LogP) is 2.62. The third-order valence-electron chi connectivity index (χ3n) is 2.37. The number of pyridine rings is 1. The van der Waals surface area contributed by atoms with Crippen molar-refractivity contribution in [2.75, 3.05) is 11.9 Å². The second kappa shape index (κ2) is 7.39. The van der Waals surface area contributed by atoms with Gasteiger partial charge in [0.2, 0.25) is 0 Å². The van der Waals surface area contributed by atoms with Crippen molar-refractivity contribution in [3.8, 4) is 0 Å². The molecule has 1 rings (SSSR count). The first-order chi connectivity index (χ1) is 7.74. The summed E-state index contributed by atoms with van der Waals surface area (Å²) in [6.45, 7) is 2.93. The summed E-state index contributed by atoms with van der Waals surface area (Å²) in [4.78, 5) is 15.5. The van der Waals surface area contributed by atoms with E-state index in [2.05, 4.69) is 33.2 Å². The van der Waals surface area contributed by atoms with Crippen LogP contribution in [0.25, 0.3) is 0 Å². The summed E-state index contributed by atoms with van der Waals surface area (Å²) < 4.78 is 0. The maximum absolute atomic E-state index is 11.6. The van der Waals surface area contributed by atoms with Crippen molar-refractivity contribution in [3.63, 3.8) is 0 Å². The number of hydrogen-bond donors (Lipinski definition) is 1. The Hall–Kier alpha value is -0.900. The maximum atomic E-state index is 11.6. The molecule has 1 atom stereocenters. The molecule has 0 bridgehead atoms. The molecule has 0 radical (unpaired) electrons. The molecule has 1 unspecified atom stereocenters. The van der Waals surface area contributed by atoms with Crippen LogP contribution in [0.3, 0.4) is 0 Å². The topological polar surface area (TPSA) is 42.0 Å². The first-order valence-electron chi connectivity index (χ1n) is 5.48. The highest BCUT2D eigenvalue weighted by atomic mass is 79.9. The van der Waals surface area contributed by atoms with Crippen molar-refractivity contribution in [2.24, 2.45) is 5.92 Å². The van der Waals surface area contributed by atoms with Crippen LogP contribution < -0.4 is 5.32 Å². The van der Waals surface area contributed by atoms with Gasteiger partial charge in [0.15, 0.2) is 0 Å². The highest BCUT2D eigenvalue weighted by Crippen LogP contribution is 2.07. The number of hydrogen-bond acceptors (Lipinski definition) is 2. The normalized spacial score (nSPS) is 12.1. The number of nitrogens with one attached hydrogen (secondary N) is 1. The number of nitrogens with zero attached hydrogens (tertiary/aromatic N) is 1. The second-order valence-electron chi connectivity index (χ2n) is 3.89. The molecule has 88 valence electrons. The molecule has 16 heavy (non-hydrogen) atoms. The highest BCUT2D eigenvalue weighted by molar-refractivity contribution is 9.09. The summed E-state index contributed by atoms with van der Waals surface area (Å²) >= 11 is 3.44. The highest BCUT2D eigenvalue weighted by Gasteiger charge is 2.04. The van der Waals surface area contributed by atoms with E-state index in [0.717, 1.165) is 24.7 Å². The van der Waals surface area contributed by atoms with Gasteiger partial charge >= 0.3 is 0 Å². The van der Waals surface area contributed by atoms with Crippen LogP contribution >= 0.6 is 15.9 Å². The lowest BCUT2D eigenvalue weighted by atomic mass is 10.1. The molecule has 1 amide bonds. The van der Waals surface area contributed by atoms with E-state index in [4.69, 9.17) is 0 Å². The Morgan fingerprint density at radius 1 is 1.50 bits per heavy atom. The van der Waals surface area contributed by atoms with Gasteiger partial charge < -0.3 is 5.32 Å². The molecular weight excluding hydrogens is 268 g/mol. The van der Waals surface area contributed by atoms with E-state index in [1.165, 1.54) is 0 Å². The van der Waals surface area contributed by atoms with Gasteiger partial charge in [-0.1, -0.05) is 22.9 Å². The minimum absolute atomic E-state index is 0.0195. The van der Waals surface area contributed by atoms with Gasteiger partial charge in [0.25, 0.3) is 5.91 Å². The number of carbonyl (C=O) groups excluding carboxylic acids is 1. The van der Waals surface area contributed by atoms with Crippen molar-refractivity contribution < 1.29 is 4.79 Å². The van der Waals surface area contributed by atoms with Crippen LogP contribution in [0, 0.1) is 5.92 Å². The summed E-state index contributed by atoms with van der Waals surface area (Å²) in [5.74, 6) is 0.645. The molecular formula is C12H17BrN2O. The van der Waals surface area contributed by atoms with Gasteiger partial charge in [0.05, 0.1) is 0 Å². The van der Waals surface area contributed by atoms with Crippen LogP contribution in [-0.2, 0) is 0 Å². The third-order valence-corrected chi connectivity index (χ3v) is 3.47. The van der Waals surface area contributed by atoms with Gasteiger partial charge in [-0.3, -0.25) is 9.78 Å². The van der Waals surface area contributed by atoms with Crippen molar-refractivity contribution >= 4 is 21.8 Å². The fourth-order valence-corrected chi connectivity index (χ4v) is 1.66. The number of carbonyl (C=O) groups is 1. The summed E-state index contributed by atoms with van der Waals surface area (Å²) in [6.07, 6.45) is 5.40. The van der Waals surface area contributed by atoms with Crippen LogP contribution in [0.2, 0.25) is 0 Å². The van der Waals surface area contributed by atoms with Gasteiger partial charge in [0.1, 0.15) is 0 Å². The Balaban J connectivity index is 2.21. The second-order valence-corrected chi connectivity index (χ2v) is 4.54. The largest absolute Gasteiger partial charge is 0.352 e. The van der Waals surface area contributed by atoms with Crippen molar-refractivity contribution in [1.82, 2.24) is 10.3 Å². The maximum Gasteiger partial charge on any atom is 0.251 e. The van der Waals surface area contributed by atoms with E-state index in [1.54, 1.807) is 24.5 Å². The van der Waals surface area contributed by atoms with E-state index in [-0.39, 0.29) is 5.91 Å². The Bertz CT molecular complexity index is 316. The standard InChI is InChI=1S/C12H17BrN2O/c1-10(9-13)3-2-6-15-12(16)11-4-7-14-8-5-11/h4-5,7-8,10H,2-3,6,9H2,1H3,(H,15,16). The lowest BCUT2D eigenvalue weighted by molar-refractivity contribution is 0.0952. The average molecular weight is 285 g/mol. The van der Waals surface area contributed by atoms with Crippen LogP contribution in [0.4, 0.5) is 0 Å². The van der Waals surface area contributed by atoms with Crippen LogP contribution in [0.5, 0.6) is 0 Å². The monoisotopic (exact) mass is 284 g/mol. The smallest absolute Gasteiger partial charge is 0.251 e. The quantitative estimate of drug-likeness (QED) is 0.645. The fraction of sp³-hybridized carbons (Fsp3) is 0.500. The van der Waals surface area contributed by atoms with Crippen LogP contribution in [0.15, 0.2) is 24.5 Å². The van der Waals surface area contributed by atoms with Crippen LogP contribution in [0.1, 0.15) is 30.1 Å². The molecule has 1 aromatic heterocycles. The summed E-state index contributed by atoms with van der Waals surface area (Å²) in [5.41, 5.74) is 0.670. The van der Waals surface area contributed by atoms with E-state index >= 15 is 0 Å². The predicted molar refractivity (Wildman–Crippen MR) is 68.8 cm³/mol. The molecule has 0 saturated carbocycles. The lowest BCUT2D eigenvalue weighted by Crippen LogP contribution is -2.24. The van der Waals surface area contributed by atoms with E-state index in [1.807, 2.05) is 0 Å². The Morgan fingerprint density at radius 2 is 2.19 bits per heavy atom. The Kier molecular flexibility index (Phi) is 6.08. The summed E-state index contributed by atoms with van der Waals surface area (Å²) in [6, 6.07) is 3.44. The minimum Gasteiger partial charge on any atom is -0.352 e. The number of alkyl halides is 1. The zero-order chi connectivity index (χ0) is 11.8. The van der Waals surface area contributed by atoms with Gasteiger partial charge in [-0.15, -0.1) is 0 Å². The van der Waals surface area contributed by atoms with Gasteiger partial charge in [0, 0.05) is 29.8 Å². The van der Waals surface area contributed by atoms with Crippen molar-refractivity contribution in [1.29, 1.82) is 0 Å². The summed E-state index contributed by atoms with van der Waals surface area (Å²) in [5, 5.41) is 3.92. The van der Waals surface area contributed by atoms with Gasteiger partial charge in [-0.25, -0.2) is 0 Å². The molecule has 3 nitrogen and oxygen atoms in total. The first-order valence-corrected chi connectivity index (χ1v) is 6.60. The molecule has 1 heterocycles. The molecule has 1 aromatic rings. The lowest BCUT2D eigenvalue weighted by Gasteiger charge is -2.08. The summed E-state index contributed by atoms with van der Waals surface area (Å²) in [7, 11) is 0. The van der Waals surface area contributed by atoms with Gasteiger partial charge in [-0.05, 0) is 30.9 Å². The van der Waals surface area contributed by atoms with E-state index in [9.17, 15) is 4.79 Å². The van der Waals surface area contributed by atoms with E-state index < -0.39 is 0 Å². The number of halogens is 1. The molecule has 0 aliphatic heterocycles. The SMILES string of the molecule is CC(CBr)CCCNC(=O)c1ccncc1. The molecule has 1 N–H and O–H groups in total. The minimum atomic E-state index is -0.0195. The molecule has 0 aliphatic rings.